The number of ether oxygens (including phenoxy) is 1. The van der Waals surface area contributed by atoms with E-state index in [-0.39, 0.29) is 17.8 Å². The zero-order chi connectivity index (χ0) is 18.4. The van der Waals surface area contributed by atoms with E-state index in [9.17, 15) is 9.59 Å². The van der Waals surface area contributed by atoms with Crippen molar-refractivity contribution >= 4 is 35.2 Å². The topological polar surface area (TPSA) is 111 Å². The molecule has 1 fully saturated rings. The predicted molar refractivity (Wildman–Crippen MR) is 94.6 cm³/mol. The summed E-state index contributed by atoms with van der Waals surface area (Å²) in [5, 5.41) is 12.5. The first-order chi connectivity index (χ1) is 12.6. The zero-order valence-corrected chi connectivity index (χ0v) is 15.3. The number of benzene rings is 1. The highest BCUT2D eigenvalue weighted by atomic mass is 35.5. The van der Waals surface area contributed by atoms with E-state index in [0.29, 0.717) is 22.3 Å². The molecule has 0 spiro atoms. The first-order valence-electron chi connectivity index (χ1n) is 7.97. The number of thioether (sulfide) groups is 1. The van der Waals surface area contributed by atoms with E-state index in [1.807, 2.05) is 0 Å². The van der Waals surface area contributed by atoms with Crippen LogP contribution >= 0.6 is 23.4 Å². The molecule has 2 aromatic rings. The quantitative estimate of drug-likeness (QED) is 0.554. The fraction of sp³-hybridized carbons (Fsp3) is 0.400. The van der Waals surface area contributed by atoms with Gasteiger partial charge in [0.05, 0.1) is 18.4 Å². The SMILES string of the molecule is O=C(CSc1nnnn1CC1CCCO1)NNC(=O)c1ccc(Cl)cc1. The summed E-state index contributed by atoms with van der Waals surface area (Å²) in [6.45, 7) is 1.31. The van der Waals surface area contributed by atoms with Crippen LogP contribution in [-0.4, -0.2) is 50.5 Å². The number of carbonyl (C=O) groups excluding carboxylic acids is 2. The van der Waals surface area contributed by atoms with Crippen LogP contribution in [0.25, 0.3) is 0 Å². The summed E-state index contributed by atoms with van der Waals surface area (Å²) >= 11 is 6.96. The summed E-state index contributed by atoms with van der Waals surface area (Å²) < 4.78 is 7.19. The third kappa shape index (κ3) is 5.16. The van der Waals surface area contributed by atoms with E-state index >= 15 is 0 Å². The molecule has 1 aromatic carbocycles. The Hall–Kier alpha value is -2.17. The van der Waals surface area contributed by atoms with E-state index in [1.165, 1.54) is 11.8 Å². The van der Waals surface area contributed by atoms with Gasteiger partial charge in [0.2, 0.25) is 11.1 Å². The van der Waals surface area contributed by atoms with E-state index in [0.717, 1.165) is 19.4 Å². The zero-order valence-electron chi connectivity index (χ0n) is 13.7. The Balaban J connectivity index is 1.43. The summed E-state index contributed by atoms with van der Waals surface area (Å²) in [6.07, 6.45) is 2.11. The molecule has 1 aliphatic heterocycles. The van der Waals surface area contributed by atoms with Gasteiger partial charge in [0.15, 0.2) is 0 Å². The summed E-state index contributed by atoms with van der Waals surface area (Å²) in [5.41, 5.74) is 5.10. The van der Waals surface area contributed by atoms with Crippen LogP contribution in [0.2, 0.25) is 5.02 Å². The Labute approximate surface area is 158 Å². The van der Waals surface area contributed by atoms with Crippen molar-refractivity contribution in [1.82, 2.24) is 31.1 Å². The monoisotopic (exact) mass is 396 g/mol. The van der Waals surface area contributed by atoms with Gasteiger partial charge in [-0.1, -0.05) is 23.4 Å². The molecule has 0 bridgehead atoms. The average molecular weight is 397 g/mol. The van der Waals surface area contributed by atoms with Crippen molar-refractivity contribution in [2.45, 2.75) is 30.6 Å². The standard InChI is InChI=1S/C15H17ClN6O3S/c16-11-5-3-10(4-6-11)14(24)18-17-13(23)9-26-15-19-20-21-22(15)8-12-2-1-7-25-12/h3-6,12H,1-2,7-9H2,(H,17,23)(H,18,24). The Morgan fingerprint density at radius 3 is 2.85 bits per heavy atom. The third-order valence-corrected chi connectivity index (χ3v) is 4.86. The molecule has 2 heterocycles. The number of aromatic nitrogens is 4. The van der Waals surface area contributed by atoms with Crippen molar-refractivity contribution in [1.29, 1.82) is 0 Å². The van der Waals surface area contributed by atoms with Crippen molar-refractivity contribution in [3.05, 3.63) is 34.9 Å². The molecule has 3 rings (SSSR count). The van der Waals surface area contributed by atoms with Gasteiger partial charge in [-0.2, -0.15) is 0 Å². The van der Waals surface area contributed by atoms with Gasteiger partial charge in [0.25, 0.3) is 5.91 Å². The van der Waals surface area contributed by atoms with Gasteiger partial charge in [-0.3, -0.25) is 20.4 Å². The molecule has 11 heteroatoms. The first-order valence-corrected chi connectivity index (χ1v) is 9.33. The number of hydrogen-bond acceptors (Lipinski definition) is 7. The fourth-order valence-corrected chi connectivity index (χ4v) is 3.17. The maximum absolute atomic E-state index is 11.9. The predicted octanol–water partition coefficient (Wildman–Crippen LogP) is 1.06. The van der Waals surface area contributed by atoms with Crippen LogP contribution in [0.5, 0.6) is 0 Å². The number of nitrogens with one attached hydrogen (secondary N) is 2. The molecule has 1 aromatic heterocycles. The number of tetrazole rings is 1. The maximum Gasteiger partial charge on any atom is 0.269 e. The van der Waals surface area contributed by atoms with Crippen LogP contribution in [0.15, 0.2) is 29.4 Å². The van der Waals surface area contributed by atoms with E-state index in [4.69, 9.17) is 16.3 Å². The molecule has 1 aliphatic rings. The van der Waals surface area contributed by atoms with Crippen molar-refractivity contribution < 1.29 is 14.3 Å². The molecule has 0 radical (unpaired) electrons. The minimum Gasteiger partial charge on any atom is -0.376 e. The summed E-state index contributed by atoms with van der Waals surface area (Å²) in [4.78, 5) is 23.8. The summed E-state index contributed by atoms with van der Waals surface area (Å²) in [5.74, 6) is -0.737. The van der Waals surface area contributed by atoms with Crippen LogP contribution in [0, 0.1) is 0 Å². The van der Waals surface area contributed by atoms with Crippen molar-refractivity contribution in [3.8, 4) is 0 Å². The molecular weight excluding hydrogens is 380 g/mol. The highest BCUT2D eigenvalue weighted by Gasteiger charge is 2.19. The number of rotatable bonds is 6. The Morgan fingerprint density at radius 2 is 2.12 bits per heavy atom. The Bertz CT molecular complexity index is 763. The number of hydrazine groups is 1. The molecule has 26 heavy (non-hydrogen) atoms. The normalized spacial score (nSPS) is 16.4. The summed E-state index contributed by atoms with van der Waals surface area (Å²) in [6, 6.07) is 6.33. The highest BCUT2D eigenvalue weighted by Crippen LogP contribution is 2.18. The van der Waals surface area contributed by atoms with Crippen molar-refractivity contribution in [3.63, 3.8) is 0 Å². The Kier molecular flexibility index (Phi) is 6.42. The van der Waals surface area contributed by atoms with Gasteiger partial charge in [0.1, 0.15) is 0 Å². The smallest absolute Gasteiger partial charge is 0.269 e. The lowest BCUT2D eigenvalue weighted by atomic mass is 10.2. The molecule has 1 atom stereocenters. The minimum absolute atomic E-state index is 0.0623. The van der Waals surface area contributed by atoms with Crippen LogP contribution < -0.4 is 10.9 Å². The second-order valence-corrected chi connectivity index (χ2v) is 6.96. The van der Waals surface area contributed by atoms with Crippen molar-refractivity contribution in [2.24, 2.45) is 0 Å². The van der Waals surface area contributed by atoms with Crippen LogP contribution in [-0.2, 0) is 16.1 Å². The van der Waals surface area contributed by atoms with E-state index in [2.05, 4.69) is 26.4 Å². The first kappa shape index (κ1) is 18.6. The molecule has 0 aliphatic carbocycles. The van der Waals surface area contributed by atoms with E-state index in [1.54, 1.807) is 28.9 Å². The molecule has 1 saturated heterocycles. The lowest BCUT2D eigenvalue weighted by Gasteiger charge is -2.10. The van der Waals surface area contributed by atoms with Gasteiger partial charge >= 0.3 is 0 Å². The molecule has 9 nitrogen and oxygen atoms in total. The third-order valence-electron chi connectivity index (χ3n) is 3.65. The van der Waals surface area contributed by atoms with E-state index < -0.39 is 5.91 Å². The maximum atomic E-state index is 11.9. The number of hydrogen-bond donors (Lipinski definition) is 2. The fourth-order valence-electron chi connectivity index (χ4n) is 2.36. The van der Waals surface area contributed by atoms with Crippen LogP contribution in [0.3, 0.4) is 0 Å². The number of carbonyl (C=O) groups is 2. The molecule has 138 valence electrons. The molecule has 0 saturated carbocycles. The molecule has 2 amide bonds. The minimum atomic E-state index is -0.428. The van der Waals surface area contributed by atoms with Gasteiger partial charge in [0, 0.05) is 17.2 Å². The lowest BCUT2D eigenvalue weighted by molar-refractivity contribution is -0.119. The van der Waals surface area contributed by atoms with Gasteiger partial charge in [-0.05, 0) is 47.5 Å². The average Bonchev–Trinajstić information content (AvgIpc) is 3.31. The molecule has 1 unspecified atom stereocenters. The van der Waals surface area contributed by atoms with Crippen LogP contribution in [0.4, 0.5) is 0 Å². The number of amides is 2. The second-order valence-electron chi connectivity index (χ2n) is 5.58. The largest absolute Gasteiger partial charge is 0.376 e. The molecular formula is C15H17ClN6O3S. The second kappa shape index (κ2) is 8.97. The van der Waals surface area contributed by atoms with Crippen molar-refractivity contribution in [2.75, 3.05) is 12.4 Å². The number of halogens is 1. The molecule has 2 N–H and O–H groups in total. The van der Waals surface area contributed by atoms with Gasteiger partial charge in [-0.15, -0.1) is 5.10 Å². The Morgan fingerprint density at radius 1 is 1.31 bits per heavy atom. The van der Waals surface area contributed by atoms with Gasteiger partial charge in [-0.25, -0.2) is 4.68 Å². The van der Waals surface area contributed by atoms with Gasteiger partial charge < -0.3 is 4.74 Å². The number of nitrogens with zero attached hydrogens (tertiary/aromatic N) is 4. The highest BCUT2D eigenvalue weighted by molar-refractivity contribution is 7.99. The lowest BCUT2D eigenvalue weighted by Crippen LogP contribution is -2.42. The summed E-state index contributed by atoms with van der Waals surface area (Å²) in [7, 11) is 0. The van der Waals surface area contributed by atoms with Crippen LogP contribution in [0.1, 0.15) is 23.2 Å².